The summed E-state index contributed by atoms with van der Waals surface area (Å²) in [6.07, 6.45) is 0.984. The van der Waals surface area contributed by atoms with Crippen molar-refractivity contribution in [3.8, 4) is 0 Å². The highest BCUT2D eigenvalue weighted by molar-refractivity contribution is 6.32. The van der Waals surface area contributed by atoms with Gasteiger partial charge in [-0.25, -0.2) is 4.58 Å². The van der Waals surface area contributed by atoms with Gasteiger partial charge in [0.15, 0.2) is 6.54 Å². The van der Waals surface area contributed by atoms with Crippen molar-refractivity contribution >= 4 is 17.3 Å². The summed E-state index contributed by atoms with van der Waals surface area (Å²) >= 11 is 6.47. The Kier molecular flexibility index (Phi) is 5.92. The van der Waals surface area contributed by atoms with Crippen molar-refractivity contribution in [3.63, 3.8) is 0 Å². The molecule has 1 nitrogen and oxygen atoms in total. The van der Waals surface area contributed by atoms with E-state index in [-0.39, 0.29) is 24.0 Å². The highest BCUT2D eigenvalue weighted by Crippen LogP contribution is 2.27. The Bertz CT molecular complexity index is 888. The summed E-state index contributed by atoms with van der Waals surface area (Å²) in [6, 6.07) is 27.5. The van der Waals surface area contributed by atoms with Gasteiger partial charge in [-0.3, -0.25) is 0 Å². The van der Waals surface area contributed by atoms with Crippen LogP contribution < -0.4 is 24.0 Å². The fourth-order valence-electron chi connectivity index (χ4n) is 3.46. The molecule has 126 valence electrons. The first kappa shape index (κ1) is 18.2. The topological polar surface area (TPSA) is 3.01 Å². The molecule has 0 amide bonds. The van der Waals surface area contributed by atoms with Crippen LogP contribution in [0.1, 0.15) is 22.3 Å². The monoisotopic (exact) mass is 459 g/mol. The fraction of sp³-hybridized carbons (Fsp3) is 0.136. The Morgan fingerprint density at radius 2 is 1.48 bits per heavy atom. The third kappa shape index (κ3) is 3.80. The van der Waals surface area contributed by atoms with Crippen LogP contribution in [0.3, 0.4) is 0 Å². The minimum atomic E-state index is 0. The normalized spacial score (nSPS) is 13.2. The summed E-state index contributed by atoms with van der Waals surface area (Å²) in [7, 11) is 0. The molecule has 4 rings (SSSR count). The lowest BCUT2D eigenvalue weighted by molar-refractivity contribution is -0.544. The molecule has 0 bridgehead atoms. The lowest BCUT2D eigenvalue weighted by Crippen LogP contribution is -3.00. The lowest BCUT2D eigenvalue weighted by Gasteiger charge is -2.20. The summed E-state index contributed by atoms with van der Waals surface area (Å²) < 4.78 is 2.48. The van der Waals surface area contributed by atoms with Crippen molar-refractivity contribution in [2.45, 2.75) is 13.0 Å². The zero-order valence-electron chi connectivity index (χ0n) is 13.8. The van der Waals surface area contributed by atoms with E-state index in [1.807, 2.05) is 6.07 Å². The summed E-state index contributed by atoms with van der Waals surface area (Å²) in [6.45, 7) is 1.90. The molecular weight excluding hydrogens is 441 g/mol. The summed E-state index contributed by atoms with van der Waals surface area (Å²) in [5.41, 5.74) is 6.38. The molecule has 0 spiro atoms. The van der Waals surface area contributed by atoms with E-state index in [9.17, 15) is 0 Å². The van der Waals surface area contributed by atoms with E-state index in [4.69, 9.17) is 11.6 Å². The predicted molar refractivity (Wildman–Crippen MR) is 100 cm³/mol. The fourth-order valence-corrected chi connectivity index (χ4v) is 3.73. The van der Waals surface area contributed by atoms with Gasteiger partial charge in [0.05, 0.1) is 5.56 Å². The van der Waals surface area contributed by atoms with Gasteiger partial charge in [-0.15, -0.1) is 0 Å². The number of benzene rings is 3. The first-order valence-corrected chi connectivity index (χ1v) is 8.70. The smallest absolute Gasteiger partial charge is 0.215 e. The average molecular weight is 460 g/mol. The maximum atomic E-state index is 6.47. The van der Waals surface area contributed by atoms with E-state index in [1.165, 1.54) is 28.0 Å². The summed E-state index contributed by atoms with van der Waals surface area (Å²) in [5.74, 6) is 0. The van der Waals surface area contributed by atoms with Gasteiger partial charge >= 0.3 is 0 Å². The Balaban J connectivity index is 0.00000182. The molecule has 0 aromatic heterocycles. The van der Waals surface area contributed by atoms with Crippen molar-refractivity contribution in [1.29, 1.82) is 0 Å². The van der Waals surface area contributed by atoms with Gasteiger partial charge in [0, 0.05) is 22.6 Å². The number of halogens is 2. The van der Waals surface area contributed by atoms with Crippen molar-refractivity contribution in [2.24, 2.45) is 0 Å². The molecule has 25 heavy (non-hydrogen) atoms. The molecule has 0 unspecified atom stereocenters. The molecular formula is C22H19ClIN. The molecule has 0 fully saturated rings. The van der Waals surface area contributed by atoms with Gasteiger partial charge < -0.3 is 24.0 Å². The second-order valence-electron chi connectivity index (χ2n) is 6.14. The minimum Gasteiger partial charge on any atom is -1.00 e. The van der Waals surface area contributed by atoms with Gasteiger partial charge in [0.1, 0.15) is 6.54 Å². The molecule has 0 saturated heterocycles. The Hall–Kier alpha value is -1.65. The van der Waals surface area contributed by atoms with E-state index in [0.29, 0.717) is 0 Å². The zero-order valence-corrected chi connectivity index (χ0v) is 16.7. The van der Waals surface area contributed by atoms with Crippen LogP contribution >= 0.6 is 11.6 Å². The SMILES string of the molecule is Clc1cccc2c1CC[N+](Cc1ccccc1)=C2c1ccccc1.[I-]. The molecule has 0 radical (unpaired) electrons. The first-order valence-electron chi connectivity index (χ1n) is 8.32. The maximum absolute atomic E-state index is 6.47. The Morgan fingerprint density at radius 1 is 0.800 bits per heavy atom. The molecule has 3 heteroatoms. The number of rotatable bonds is 3. The first-order chi connectivity index (χ1) is 11.8. The van der Waals surface area contributed by atoms with E-state index in [0.717, 1.165) is 24.5 Å². The van der Waals surface area contributed by atoms with Gasteiger partial charge in [-0.05, 0) is 29.8 Å². The number of nitrogens with zero attached hydrogens (tertiary/aromatic N) is 1. The molecule has 3 aromatic rings. The molecule has 0 atom stereocenters. The second kappa shape index (κ2) is 8.15. The third-order valence-corrected chi connectivity index (χ3v) is 4.94. The quantitative estimate of drug-likeness (QED) is 0.416. The zero-order chi connectivity index (χ0) is 16.4. The Morgan fingerprint density at radius 3 is 2.20 bits per heavy atom. The number of fused-ring (bicyclic) bond motifs is 1. The van der Waals surface area contributed by atoms with Crippen LogP contribution in [0.4, 0.5) is 0 Å². The van der Waals surface area contributed by atoms with E-state index >= 15 is 0 Å². The van der Waals surface area contributed by atoms with Crippen LogP contribution in [0.15, 0.2) is 78.9 Å². The highest BCUT2D eigenvalue weighted by atomic mass is 127. The predicted octanol–water partition coefficient (Wildman–Crippen LogP) is 1.95. The number of hydrogen-bond acceptors (Lipinski definition) is 0. The Labute approximate surface area is 171 Å². The standard InChI is InChI=1S/C22H19ClN.HI/c23-21-13-7-12-20-19(21)14-15-24(16-17-8-3-1-4-9-17)22(20)18-10-5-2-6-11-18;/h1-13H,14-16H2;1H/q+1;/p-1. The van der Waals surface area contributed by atoms with Crippen LogP contribution in [-0.4, -0.2) is 16.8 Å². The van der Waals surface area contributed by atoms with Crippen LogP contribution in [-0.2, 0) is 13.0 Å². The molecule has 1 heterocycles. The van der Waals surface area contributed by atoms with Crippen molar-refractivity contribution in [2.75, 3.05) is 6.54 Å². The van der Waals surface area contributed by atoms with E-state index in [2.05, 4.69) is 77.4 Å². The number of hydrogen-bond donors (Lipinski definition) is 0. The van der Waals surface area contributed by atoms with Crippen molar-refractivity contribution in [1.82, 2.24) is 0 Å². The molecule has 0 N–H and O–H groups in total. The van der Waals surface area contributed by atoms with E-state index < -0.39 is 0 Å². The lowest BCUT2D eigenvalue weighted by atomic mass is 9.92. The molecule has 1 aliphatic rings. The van der Waals surface area contributed by atoms with Crippen molar-refractivity contribution in [3.05, 3.63) is 106 Å². The molecule has 0 aliphatic carbocycles. The largest absolute Gasteiger partial charge is 1.00 e. The molecule has 0 saturated carbocycles. The van der Waals surface area contributed by atoms with Gasteiger partial charge in [-0.2, -0.15) is 0 Å². The molecule has 3 aromatic carbocycles. The summed E-state index contributed by atoms with van der Waals surface area (Å²) in [5, 5.41) is 0.875. The summed E-state index contributed by atoms with van der Waals surface area (Å²) in [4.78, 5) is 0. The third-order valence-electron chi connectivity index (χ3n) is 4.59. The van der Waals surface area contributed by atoms with Crippen LogP contribution in [0, 0.1) is 0 Å². The van der Waals surface area contributed by atoms with Gasteiger partial charge in [0.2, 0.25) is 5.71 Å². The van der Waals surface area contributed by atoms with Crippen LogP contribution in [0.2, 0.25) is 5.02 Å². The minimum absolute atomic E-state index is 0. The van der Waals surface area contributed by atoms with E-state index in [1.54, 1.807) is 0 Å². The second-order valence-corrected chi connectivity index (χ2v) is 6.54. The maximum Gasteiger partial charge on any atom is 0.215 e. The van der Waals surface area contributed by atoms with Gasteiger partial charge in [0.25, 0.3) is 0 Å². The van der Waals surface area contributed by atoms with Gasteiger partial charge in [-0.1, -0.05) is 66.2 Å². The van der Waals surface area contributed by atoms with Crippen LogP contribution in [0.25, 0.3) is 0 Å². The molecule has 1 aliphatic heterocycles. The van der Waals surface area contributed by atoms with Crippen molar-refractivity contribution < 1.29 is 28.6 Å². The van der Waals surface area contributed by atoms with Crippen LogP contribution in [0.5, 0.6) is 0 Å². The highest BCUT2D eigenvalue weighted by Gasteiger charge is 2.28. The average Bonchev–Trinajstić information content (AvgIpc) is 2.63.